The molecule has 2 aromatic rings. The van der Waals surface area contributed by atoms with Crippen LogP contribution in [0.2, 0.25) is 0 Å². The van der Waals surface area contributed by atoms with Gasteiger partial charge >= 0.3 is 0 Å². The number of hydrogen-bond acceptors (Lipinski definition) is 6. The van der Waals surface area contributed by atoms with Gasteiger partial charge in [-0.3, -0.25) is 9.59 Å². The number of Topliss-reactive ketones (excluding diaryl/α,β-unsaturated/α-hetero) is 1. The number of thiophene rings is 1. The minimum atomic E-state index is -0.345. The molecular weight excluding hydrogens is 390 g/mol. The molecule has 2 N–H and O–H groups in total. The molecular formula is C21H25N3O2S2. The molecule has 2 aliphatic rings. The van der Waals surface area contributed by atoms with Gasteiger partial charge in [0.1, 0.15) is 5.82 Å². The maximum atomic E-state index is 13.1. The summed E-state index contributed by atoms with van der Waals surface area (Å²) in [5, 5.41) is 4.28. The van der Waals surface area contributed by atoms with Crippen LogP contribution in [0, 0.1) is 12.3 Å². The van der Waals surface area contributed by atoms with Crippen molar-refractivity contribution >= 4 is 34.7 Å². The Morgan fingerprint density at radius 2 is 2.00 bits per heavy atom. The molecule has 148 valence electrons. The van der Waals surface area contributed by atoms with Crippen LogP contribution in [0.25, 0.3) is 0 Å². The van der Waals surface area contributed by atoms with E-state index in [1.165, 1.54) is 11.8 Å². The van der Waals surface area contributed by atoms with Crippen molar-refractivity contribution < 1.29 is 4.79 Å². The Bertz CT molecular complexity index is 1050. The summed E-state index contributed by atoms with van der Waals surface area (Å²) in [6.45, 7) is 10.4. The fourth-order valence-electron chi connectivity index (χ4n) is 4.07. The number of thioether (sulfide) groups is 1. The van der Waals surface area contributed by atoms with Gasteiger partial charge < -0.3 is 10.3 Å². The SMILES string of the molecule is Cc1ccc([C@H]2C3=C(CC(C)(C)CC3=O)Nc3nc(SC(C)C)[nH]c(=O)c32)s1. The predicted molar refractivity (Wildman–Crippen MR) is 115 cm³/mol. The van der Waals surface area contributed by atoms with Gasteiger partial charge in [-0.2, -0.15) is 0 Å². The average molecular weight is 416 g/mol. The second-order valence-electron chi connectivity index (χ2n) is 8.64. The quantitative estimate of drug-likeness (QED) is 0.554. The Hall–Kier alpha value is -1.86. The number of H-pyrrole nitrogens is 1. The van der Waals surface area contributed by atoms with Crippen molar-refractivity contribution in [1.82, 2.24) is 9.97 Å². The number of aryl methyl sites for hydroxylation is 1. The van der Waals surface area contributed by atoms with Gasteiger partial charge in [-0.05, 0) is 30.9 Å². The summed E-state index contributed by atoms with van der Waals surface area (Å²) in [6, 6.07) is 4.08. The number of anilines is 1. The Balaban J connectivity index is 1.93. The van der Waals surface area contributed by atoms with E-state index in [0.717, 1.165) is 27.4 Å². The average Bonchev–Trinajstić information content (AvgIpc) is 2.97. The topological polar surface area (TPSA) is 74.8 Å². The first kappa shape index (κ1) is 19.5. The number of carbonyl (C=O) groups excluding carboxylic acids is 1. The van der Waals surface area contributed by atoms with Crippen LogP contribution >= 0.6 is 23.1 Å². The molecule has 0 spiro atoms. The third-order valence-corrected chi connectivity index (χ3v) is 7.05. The lowest BCUT2D eigenvalue weighted by molar-refractivity contribution is -0.118. The normalized spacial score (nSPS) is 20.8. The zero-order valence-electron chi connectivity index (χ0n) is 16.8. The summed E-state index contributed by atoms with van der Waals surface area (Å²) in [6.07, 6.45) is 1.27. The molecule has 7 heteroatoms. The van der Waals surface area contributed by atoms with Gasteiger partial charge in [0.05, 0.1) is 11.5 Å². The Kier molecular flexibility index (Phi) is 4.78. The van der Waals surface area contributed by atoms with Crippen LogP contribution in [0.4, 0.5) is 5.82 Å². The monoisotopic (exact) mass is 415 g/mol. The zero-order valence-corrected chi connectivity index (χ0v) is 18.4. The molecule has 1 aliphatic heterocycles. The lowest BCUT2D eigenvalue weighted by atomic mass is 9.70. The summed E-state index contributed by atoms with van der Waals surface area (Å²) in [5.41, 5.74) is 1.95. The van der Waals surface area contributed by atoms with Crippen LogP contribution in [-0.2, 0) is 4.79 Å². The molecule has 0 fully saturated rings. The van der Waals surface area contributed by atoms with Crippen LogP contribution in [0.5, 0.6) is 0 Å². The van der Waals surface area contributed by atoms with Crippen molar-refractivity contribution in [2.75, 3.05) is 5.32 Å². The van der Waals surface area contributed by atoms with E-state index in [-0.39, 0.29) is 22.7 Å². The fraction of sp³-hybridized carbons (Fsp3) is 0.476. The number of nitrogens with one attached hydrogen (secondary N) is 2. The van der Waals surface area contributed by atoms with Crippen LogP contribution in [0.15, 0.2) is 33.4 Å². The highest BCUT2D eigenvalue weighted by molar-refractivity contribution is 7.99. The van der Waals surface area contributed by atoms with Gasteiger partial charge in [0.15, 0.2) is 10.9 Å². The van der Waals surface area contributed by atoms with Crippen LogP contribution in [-0.4, -0.2) is 21.0 Å². The highest BCUT2D eigenvalue weighted by atomic mass is 32.2. The molecule has 0 radical (unpaired) electrons. The summed E-state index contributed by atoms with van der Waals surface area (Å²) in [4.78, 5) is 36.1. The van der Waals surface area contributed by atoms with E-state index in [4.69, 9.17) is 4.98 Å². The lowest BCUT2D eigenvalue weighted by Gasteiger charge is -2.38. The Labute approximate surface area is 173 Å². The first-order valence-electron chi connectivity index (χ1n) is 9.55. The van der Waals surface area contributed by atoms with Crippen molar-refractivity contribution in [3.8, 4) is 0 Å². The Morgan fingerprint density at radius 1 is 1.25 bits per heavy atom. The third-order valence-electron chi connectivity index (χ3n) is 5.09. The largest absolute Gasteiger partial charge is 0.343 e. The van der Waals surface area contributed by atoms with E-state index in [1.807, 2.05) is 19.1 Å². The summed E-state index contributed by atoms with van der Waals surface area (Å²) < 4.78 is 0. The molecule has 0 bridgehead atoms. The highest BCUT2D eigenvalue weighted by Gasteiger charge is 2.42. The van der Waals surface area contributed by atoms with Crippen molar-refractivity contribution in [1.29, 1.82) is 0 Å². The minimum Gasteiger partial charge on any atom is -0.343 e. The molecule has 0 saturated carbocycles. The number of aromatic amines is 1. The minimum absolute atomic E-state index is 0.104. The predicted octanol–water partition coefficient (Wildman–Crippen LogP) is 4.84. The number of aromatic nitrogens is 2. The van der Waals surface area contributed by atoms with E-state index in [0.29, 0.717) is 28.2 Å². The summed E-state index contributed by atoms with van der Waals surface area (Å²) in [5.74, 6) is 0.371. The van der Waals surface area contributed by atoms with Crippen LogP contribution in [0.1, 0.15) is 61.8 Å². The number of allylic oxidation sites excluding steroid dienone is 2. The third kappa shape index (κ3) is 3.46. The molecule has 0 unspecified atom stereocenters. The highest BCUT2D eigenvalue weighted by Crippen LogP contribution is 2.48. The van der Waals surface area contributed by atoms with E-state index in [1.54, 1.807) is 11.3 Å². The Morgan fingerprint density at radius 3 is 2.64 bits per heavy atom. The molecule has 4 rings (SSSR count). The molecule has 1 aliphatic carbocycles. The van der Waals surface area contributed by atoms with E-state index >= 15 is 0 Å². The van der Waals surface area contributed by atoms with E-state index < -0.39 is 0 Å². The molecule has 0 aromatic carbocycles. The molecule has 0 saturated heterocycles. The first-order valence-corrected chi connectivity index (χ1v) is 11.2. The van der Waals surface area contributed by atoms with Crippen LogP contribution in [0.3, 0.4) is 0 Å². The number of nitrogens with zero attached hydrogens (tertiary/aromatic N) is 1. The molecule has 2 aromatic heterocycles. The van der Waals surface area contributed by atoms with Crippen molar-refractivity contribution in [2.45, 2.75) is 63.8 Å². The smallest absolute Gasteiger partial charge is 0.257 e. The second-order valence-corrected chi connectivity index (χ2v) is 11.5. The van der Waals surface area contributed by atoms with Crippen molar-refractivity contribution in [3.05, 3.63) is 49.1 Å². The molecule has 3 heterocycles. The number of hydrogen-bond donors (Lipinski definition) is 2. The lowest BCUT2D eigenvalue weighted by Crippen LogP contribution is -2.36. The molecule has 5 nitrogen and oxygen atoms in total. The van der Waals surface area contributed by atoms with E-state index in [9.17, 15) is 9.59 Å². The van der Waals surface area contributed by atoms with Gasteiger partial charge in [0.2, 0.25) is 0 Å². The first-order chi connectivity index (χ1) is 13.1. The summed E-state index contributed by atoms with van der Waals surface area (Å²) in [7, 11) is 0. The van der Waals surface area contributed by atoms with Gasteiger partial charge in [0, 0.05) is 32.7 Å². The molecule has 1 atom stereocenters. The zero-order chi connectivity index (χ0) is 20.2. The number of ketones is 1. The van der Waals surface area contributed by atoms with E-state index in [2.05, 4.69) is 38.0 Å². The molecule has 28 heavy (non-hydrogen) atoms. The standard InChI is InChI=1S/C21H25N3O2S2/c1-10(2)27-20-23-18-17(19(26)24-20)16(14-7-6-11(3)28-14)15-12(22-18)8-21(4,5)9-13(15)25/h6-7,10,16H,8-9H2,1-5H3,(H2,22,23,24,26)/t16-/m0/s1. The number of rotatable bonds is 3. The van der Waals surface area contributed by atoms with Gasteiger partial charge in [-0.1, -0.05) is 39.5 Å². The van der Waals surface area contributed by atoms with Crippen molar-refractivity contribution in [3.63, 3.8) is 0 Å². The summed E-state index contributed by atoms with van der Waals surface area (Å²) >= 11 is 3.17. The van der Waals surface area contributed by atoms with Gasteiger partial charge in [-0.25, -0.2) is 4.98 Å². The molecule has 0 amide bonds. The van der Waals surface area contributed by atoms with Gasteiger partial charge in [-0.15, -0.1) is 11.3 Å². The second kappa shape index (κ2) is 6.88. The number of fused-ring (bicyclic) bond motifs is 1. The maximum absolute atomic E-state index is 13.1. The van der Waals surface area contributed by atoms with Gasteiger partial charge in [0.25, 0.3) is 5.56 Å². The number of carbonyl (C=O) groups is 1. The van der Waals surface area contributed by atoms with Crippen molar-refractivity contribution in [2.24, 2.45) is 5.41 Å². The fourth-order valence-corrected chi connectivity index (χ4v) is 5.81. The van der Waals surface area contributed by atoms with Crippen LogP contribution < -0.4 is 10.9 Å². The maximum Gasteiger partial charge on any atom is 0.257 e.